The third kappa shape index (κ3) is 4.62. The maximum atomic E-state index is 12.2. The number of anilines is 1. The molecule has 0 aliphatic rings. The van der Waals surface area contributed by atoms with E-state index in [1.807, 2.05) is 55.6 Å². The molecule has 0 aliphatic heterocycles. The molecular weight excluding hydrogens is 426 g/mol. The van der Waals surface area contributed by atoms with Crippen LogP contribution in [0.2, 0.25) is 0 Å². The van der Waals surface area contributed by atoms with Gasteiger partial charge in [0.2, 0.25) is 4.96 Å². The lowest BCUT2D eigenvalue weighted by atomic mass is 10.1. The predicted octanol–water partition coefficient (Wildman–Crippen LogP) is 3.38. The topological polar surface area (TPSA) is 97.6 Å². The molecule has 0 saturated heterocycles. The Morgan fingerprint density at radius 3 is 2.56 bits per heavy atom. The number of rotatable bonds is 6. The number of nitrogens with zero attached hydrogens (tertiary/aromatic N) is 3. The molecule has 0 aliphatic carbocycles. The van der Waals surface area contributed by atoms with E-state index in [9.17, 15) is 9.59 Å². The van der Waals surface area contributed by atoms with Crippen LogP contribution in [0.4, 0.5) is 5.69 Å². The van der Waals surface area contributed by atoms with Crippen LogP contribution < -0.4 is 15.4 Å². The van der Waals surface area contributed by atoms with Gasteiger partial charge in [0, 0.05) is 29.6 Å². The number of nitrogens with one attached hydrogen (secondary N) is 2. The number of carbonyl (C=O) groups excluding carboxylic acids is 2. The number of benzene rings is 2. The minimum atomic E-state index is -0.689. The molecule has 0 spiro atoms. The first-order valence-corrected chi connectivity index (χ1v) is 11.0. The van der Waals surface area contributed by atoms with Gasteiger partial charge in [0.15, 0.2) is 5.82 Å². The predicted molar refractivity (Wildman–Crippen MR) is 124 cm³/mol. The lowest BCUT2D eigenvalue weighted by molar-refractivity contribution is -0.136. The van der Waals surface area contributed by atoms with Crippen LogP contribution >= 0.6 is 11.3 Å². The lowest BCUT2D eigenvalue weighted by Crippen LogP contribution is -2.36. The Morgan fingerprint density at radius 2 is 1.84 bits per heavy atom. The van der Waals surface area contributed by atoms with Crippen LogP contribution in [0, 0.1) is 13.8 Å². The highest BCUT2D eigenvalue weighted by Crippen LogP contribution is 2.23. The number of hydrogen-bond donors (Lipinski definition) is 2. The van der Waals surface area contributed by atoms with Crippen LogP contribution in [-0.2, 0) is 16.0 Å². The summed E-state index contributed by atoms with van der Waals surface area (Å²) >= 11 is 1.48. The maximum absolute atomic E-state index is 12.2. The maximum Gasteiger partial charge on any atom is 0.313 e. The second-order valence-corrected chi connectivity index (χ2v) is 8.18. The van der Waals surface area contributed by atoms with Gasteiger partial charge < -0.3 is 15.4 Å². The van der Waals surface area contributed by atoms with E-state index >= 15 is 0 Å². The molecule has 0 bridgehead atoms. The van der Waals surface area contributed by atoms with Gasteiger partial charge in [0.05, 0.1) is 12.8 Å². The molecule has 8 nitrogen and oxygen atoms in total. The zero-order valence-electron chi connectivity index (χ0n) is 18.0. The van der Waals surface area contributed by atoms with Crippen molar-refractivity contribution < 1.29 is 14.3 Å². The highest BCUT2D eigenvalue weighted by Gasteiger charge is 2.15. The third-order valence-corrected chi connectivity index (χ3v) is 6.00. The summed E-state index contributed by atoms with van der Waals surface area (Å²) in [7, 11) is 1.62. The number of hydrogen-bond acceptors (Lipinski definition) is 6. The van der Waals surface area contributed by atoms with Crippen LogP contribution in [0.15, 0.2) is 47.8 Å². The molecule has 0 atom stereocenters. The second-order valence-electron chi connectivity index (χ2n) is 7.34. The number of ether oxygens (including phenoxy) is 1. The monoisotopic (exact) mass is 449 g/mol. The van der Waals surface area contributed by atoms with Crippen molar-refractivity contribution >= 4 is 33.8 Å². The molecule has 4 rings (SSSR count). The van der Waals surface area contributed by atoms with Gasteiger partial charge in [0.25, 0.3) is 0 Å². The van der Waals surface area contributed by atoms with Gasteiger partial charge in [-0.15, -0.1) is 16.4 Å². The first kappa shape index (κ1) is 21.5. The minimum Gasteiger partial charge on any atom is -0.497 e. The first-order chi connectivity index (χ1) is 15.4. The Kier molecular flexibility index (Phi) is 6.18. The van der Waals surface area contributed by atoms with Crippen molar-refractivity contribution in [3.63, 3.8) is 0 Å². The fourth-order valence-electron chi connectivity index (χ4n) is 3.15. The molecule has 2 amide bonds. The molecule has 2 aromatic carbocycles. The largest absolute Gasteiger partial charge is 0.497 e. The number of amides is 2. The molecule has 2 aromatic heterocycles. The van der Waals surface area contributed by atoms with Crippen LogP contribution in [0.5, 0.6) is 5.75 Å². The molecule has 164 valence electrons. The molecule has 0 fully saturated rings. The smallest absolute Gasteiger partial charge is 0.313 e. The Balaban J connectivity index is 1.35. The number of methoxy groups -OCH3 is 1. The van der Waals surface area contributed by atoms with Gasteiger partial charge in [0.1, 0.15) is 5.75 Å². The fraction of sp³-hybridized carbons (Fsp3) is 0.217. The van der Waals surface area contributed by atoms with Gasteiger partial charge >= 0.3 is 11.8 Å². The van der Waals surface area contributed by atoms with Gasteiger partial charge in [-0.3, -0.25) is 9.59 Å². The number of aryl methyl sites for hydroxylation is 2. The van der Waals surface area contributed by atoms with E-state index in [-0.39, 0.29) is 0 Å². The Morgan fingerprint density at radius 1 is 1.06 bits per heavy atom. The highest BCUT2D eigenvalue weighted by molar-refractivity contribution is 7.15. The number of aromatic nitrogens is 3. The lowest BCUT2D eigenvalue weighted by Gasteiger charge is -2.08. The van der Waals surface area contributed by atoms with Crippen molar-refractivity contribution in [2.75, 3.05) is 19.0 Å². The summed E-state index contributed by atoms with van der Waals surface area (Å²) in [5.41, 5.74) is 4.57. The van der Waals surface area contributed by atoms with Crippen LogP contribution in [0.3, 0.4) is 0 Å². The zero-order valence-corrected chi connectivity index (χ0v) is 18.8. The second kappa shape index (κ2) is 9.19. The number of carbonyl (C=O) groups is 2. The van der Waals surface area contributed by atoms with Crippen molar-refractivity contribution in [1.29, 1.82) is 0 Å². The molecule has 0 unspecified atom stereocenters. The number of fused-ring (bicyclic) bond motifs is 1. The van der Waals surface area contributed by atoms with E-state index in [0.29, 0.717) is 24.5 Å². The molecule has 32 heavy (non-hydrogen) atoms. The molecule has 0 radical (unpaired) electrons. The summed E-state index contributed by atoms with van der Waals surface area (Å²) in [5.74, 6) is 0.0313. The van der Waals surface area contributed by atoms with Crippen molar-refractivity contribution in [2.45, 2.75) is 20.3 Å². The van der Waals surface area contributed by atoms with Crippen molar-refractivity contribution in [3.8, 4) is 17.1 Å². The molecule has 2 N–H and O–H groups in total. The van der Waals surface area contributed by atoms with Crippen molar-refractivity contribution in [1.82, 2.24) is 19.9 Å². The normalized spacial score (nSPS) is 10.8. The number of thiazole rings is 1. The van der Waals surface area contributed by atoms with Gasteiger partial charge in [-0.05, 0) is 61.4 Å². The molecule has 0 saturated carbocycles. The summed E-state index contributed by atoms with van der Waals surface area (Å²) in [6.07, 6.45) is 0.522. The zero-order chi connectivity index (χ0) is 22.7. The van der Waals surface area contributed by atoms with Crippen LogP contribution in [0.25, 0.3) is 16.3 Å². The summed E-state index contributed by atoms with van der Waals surface area (Å²) < 4.78 is 6.95. The van der Waals surface area contributed by atoms with Gasteiger partial charge in [-0.1, -0.05) is 6.07 Å². The summed E-state index contributed by atoms with van der Waals surface area (Å²) in [6.45, 7) is 4.25. The molecule has 4 aromatic rings. The van der Waals surface area contributed by atoms with E-state index in [1.165, 1.54) is 11.3 Å². The van der Waals surface area contributed by atoms with E-state index in [2.05, 4.69) is 20.7 Å². The summed E-state index contributed by atoms with van der Waals surface area (Å²) in [5, 5.41) is 11.8. The van der Waals surface area contributed by atoms with E-state index in [0.717, 1.165) is 33.1 Å². The SMILES string of the molecule is COc1ccc(-c2nc3scc(CCNC(=O)C(=O)Nc4ccc(C)c(C)c4)n3n2)cc1. The van der Waals surface area contributed by atoms with Crippen molar-refractivity contribution in [3.05, 3.63) is 64.7 Å². The van der Waals surface area contributed by atoms with E-state index < -0.39 is 11.8 Å². The quantitative estimate of drug-likeness (QED) is 0.440. The van der Waals surface area contributed by atoms with E-state index in [1.54, 1.807) is 17.7 Å². The fourth-order valence-corrected chi connectivity index (χ4v) is 4.01. The third-order valence-electron chi connectivity index (χ3n) is 5.14. The summed E-state index contributed by atoms with van der Waals surface area (Å²) in [6, 6.07) is 13.1. The standard InChI is InChI=1S/C23H23N5O3S/c1-14-4-7-17(12-15(14)2)25-22(30)21(29)24-11-10-18-13-32-23-26-20(27-28(18)23)16-5-8-19(31-3)9-6-16/h4-9,12-13H,10-11H2,1-3H3,(H,24,29)(H,25,30). The average molecular weight is 450 g/mol. The molecular formula is C23H23N5O3S. The summed E-state index contributed by atoms with van der Waals surface area (Å²) in [4.78, 5) is 29.7. The van der Waals surface area contributed by atoms with Crippen LogP contribution in [-0.4, -0.2) is 40.1 Å². The van der Waals surface area contributed by atoms with E-state index in [4.69, 9.17) is 4.74 Å². The van der Waals surface area contributed by atoms with Crippen molar-refractivity contribution in [2.24, 2.45) is 0 Å². The minimum absolute atomic E-state index is 0.308. The first-order valence-electron chi connectivity index (χ1n) is 10.1. The molecule has 2 heterocycles. The molecule has 9 heteroatoms. The highest BCUT2D eigenvalue weighted by atomic mass is 32.1. The Labute approximate surface area is 189 Å². The van der Waals surface area contributed by atoms with Gasteiger partial charge in [-0.2, -0.15) is 4.98 Å². The average Bonchev–Trinajstić information content (AvgIpc) is 3.38. The van der Waals surface area contributed by atoms with Crippen LogP contribution in [0.1, 0.15) is 16.8 Å². The Bertz CT molecular complexity index is 1280. The van der Waals surface area contributed by atoms with Gasteiger partial charge in [-0.25, -0.2) is 4.52 Å². The Hall–Kier alpha value is -3.72.